The van der Waals surface area contributed by atoms with Gasteiger partial charge in [-0.1, -0.05) is 30.4 Å². The number of carboxylic acids is 1. The van der Waals surface area contributed by atoms with E-state index in [0.29, 0.717) is 12.8 Å². The van der Waals surface area contributed by atoms with E-state index in [-0.39, 0.29) is 5.91 Å². The Labute approximate surface area is 118 Å². The molecule has 2 rings (SSSR count). The van der Waals surface area contributed by atoms with Crippen LogP contribution in [-0.4, -0.2) is 17.0 Å². The third-order valence-corrected chi connectivity index (χ3v) is 3.82. The Balaban J connectivity index is 2.19. The lowest BCUT2D eigenvalue weighted by molar-refractivity contribution is -0.146. The minimum Gasteiger partial charge on any atom is -0.481 e. The number of aryl methyl sites for hydroxylation is 2. The molecular formula is C16H19NO3. The van der Waals surface area contributed by atoms with Crippen LogP contribution in [-0.2, 0) is 9.59 Å². The smallest absolute Gasteiger partial charge is 0.307 e. The molecule has 0 heterocycles. The van der Waals surface area contributed by atoms with E-state index < -0.39 is 17.8 Å². The second-order valence-corrected chi connectivity index (χ2v) is 5.25. The van der Waals surface area contributed by atoms with Crippen molar-refractivity contribution >= 4 is 17.6 Å². The highest BCUT2D eigenvalue weighted by molar-refractivity contribution is 5.96. The molecule has 0 saturated carbocycles. The first-order chi connectivity index (χ1) is 9.50. The topological polar surface area (TPSA) is 66.4 Å². The number of hydrogen-bond acceptors (Lipinski definition) is 2. The van der Waals surface area contributed by atoms with E-state index in [9.17, 15) is 14.7 Å². The second kappa shape index (κ2) is 5.90. The van der Waals surface area contributed by atoms with Gasteiger partial charge in [0.25, 0.3) is 0 Å². The standard InChI is InChI=1S/C16H19NO3/c1-10-6-5-7-11(2)14(10)17-15(18)12-8-3-4-9-13(12)16(19)20/h3-7,12-13H,8-9H2,1-2H3,(H,17,18)(H,19,20)/t12-,13-/m1/s1. The predicted octanol–water partition coefficient (Wildman–Crippen LogP) is 2.91. The zero-order valence-corrected chi connectivity index (χ0v) is 11.7. The van der Waals surface area contributed by atoms with Gasteiger partial charge in [-0.2, -0.15) is 0 Å². The molecule has 0 bridgehead atoms. The number of para-hydroxylation sites is 1. The summed E-state index contributed by atoms with van der Waals surface area (Å²) in [6.45, 7) is 3.86. The third-order valence-electron chi connectivity index (χ3n) is 3.82. The van der Waals surface area contributed by atoms with Gasteiger partial charge in [-0.05, 0) is 37.8 Å². The average Bonchev–Trinajstić information content (AvgIpc) is 2.43. The average molecular weight is 273 g/mol. The maximum atomic E-state index is 12.4. The van der Waals surface area contributed by atoms with Crippen molar-refractivity contribution < 1.29 is 14.7 Å². The predicted molar refractivity (Wildman–Crippen MR) is 77.5 cm³/mol. The number of benzene rings is 1. The summed E-state index contributed by atoms with van der Waals surface area (Å²) in [5, 5.41) is 12.1. The largest absolute Gasteiger partial charge is 0.481 e. The number of carbonyl (C=O) groups is 2. The van der Waals surface area contributed by atoms with Crippen molar-refractivity contribution in [2.24, 2.45) is 11.8 Å². The molecule has 4 nitrogen and oxygen atoms in total. The molecule has 1 amide bonds. The van der Waals surface area contributed by atoms with Crippen LogP contribution in [0.4, 0.5) is 5.69 Å². The second-order valence-electron chi connectivity index (χ2n) is 5.25. The lowest BCUT2D eigenvalue weighted by Gasteiger charge is -2.25. The molecule has 4 heteroatoms. The molecule has 2 N–H and O–H groups in total. The molecule has 0 saturated heterocycles. The van der Waals surface area contributed by atoms with Crippen molar-refractivity contribution in [1.82, 2.24) is 0 Å². The molecule has 106 valence electrons. The Morgan fingerprint density at radius 1 is 1.10 bits per heavy atom. The highest BCUT2D eigenvalue weighted by Gasteiger charge is 2.34. The van der Waals surface area contributed by atoms with E-state index in [1.165, 1.54) is 0 Å². The van der Waals surface area contributed by atoms with Crippen molar-refractivity contribution in [2.45, 2.75) is 26.7 Å². The molecule has 20 heavy (non-hydrogen) atoms. The molecule has 1 aromatic carbocycles. The fourth-order valence-electron chi connectivity index (χ4n) is 2.60. The molecule has 1 aliphatic rings. The molecule has 0 spiro atoms. The minimum absolute atomic E-state index is 0.209. The van der Waals surface area contributed by atoms with E-state index in [0.717, 1.165) is 16.8 Å². The lowest BCUT2D eigenvalue weighted by atomic mass is 9.82. The lowest BCUT2D eigenvalue weighted by Crippen LogP contribution is -2.35. The van der Waals surface area contributed by atoms with E-state index in [1.807, 2.05) is 44.2 Å². The molecule has 0 aromatic heterocycles. The fourth-order valence-corrected chi connectivity index (χ4v) is 2.60. The monoisotopic (exact) mass is 273 g/mol. The Morgan fingerprint density at radius 2 is 1.65 bits per heavy atom. The van der Waals surface area contributed by atoms with Crippen LogP contribution in [0.2, 0.25) is 0 Å². The molecule has 0 unspecified atom stereocenters. The van der Waals surface area contributed by atoms with Gasteiger partial charge in [0.15, 0.2) is 0 Å². The molecule has 1 aliphatic carbocycles. The van der Waals surface area contributed by atoms with Gasteiger partial charge in [0.2, 0.25) is 5.91 Å². The number of anilines is 1. The number of aliphatic carboxylic acids is 1. The van der Waals surface area contributed by atoms with Gasteiger partial charge in [0.05, 0.1) is 11.8 Å². The van der Waals surface area contributed by atoms with Crippen LogP contribution in [0.1, 0.15) is 24.0 Å². The van der Waals surface area contributed by atoms with Crippen LogP contribution >= 0.6 is 0 Å². The van der Waals surface area contributed by atoms with Crippen LogP contribution < -0.4 is 5.32 Å². The Bertz CT molecular complexity index is 543. The van der Waals surface area contributed by atoms with Gasteiger partial charge < -0.3 is 10.4 Å². The normalized spacial score (nSPS) is 21.5. The molecule has 0 fully saturated rings. The fraction of sp³-hybridized carbons (Fsp3) is 0.375. The summed E-state index contributed by atoms with van der Waals surface area (Å²) in [6.07, 6.45) is 4.61. The first-order valence-corrected chi connectivity index (χ1v) is 6.75. The Hall–Kier alpha value is -2.10. The van der Waals surface area contributed by atoms with Gasteiger partial charge in [0, 0.05) is 5.69 Å². The van der Waals surface area contributed by atoms with E-state index in [2.05, 4.69) is 5.32 Å². The molecule has 0 radical (unpaired) electrons. The first kappa shape index (κ1) is 14.3. The number of rotatable bonds is 3. The molecule has 1 aromatic rings. The third kappa shape index (κ3) is 2.90. The van der Waals surface area contributed by atoms with Gasteiger partial charge in [-0.15, -0.1) is 0 Å². The highest BCUT2D eigenvalue weighted by Crippen LogP contribution is 2.28. The highest BCUT2D eigenvalue weighted by atomic mass is 16.4. The summed E-state index contributed by atoms with van der Waals surface area (Å²) in [5.74, 6) is -2.25. The summed E-state index contributed by atoms with van der Waals surface area (Å²) < 4.78 is 0. The Kier molecular flexibility index (Phi) is 4.23. The van der Waals surface area contributed by atoms with Crippen LogP contribution in [0.15, 0.2) is 30.4 Å². The maximum Gasteiger partial charge on any atom is 0.307 e. The minimum atomic E-state index is -0.906. The quantitative estimate of drug-likeness (QED) is 0.832. The van der Waals surface area contributed by atoms with Crippen molar-refractivity contribution in [1.29, 1.82) is 0 Å². The summed E-state index contributed by atoms with van der Waals surface area (Å²) in [7, 11) is 0. The van der Waals surface area contributed by atoms with Crippen molar-refractivity contribution in [3.8, 4) is 0 Å². The van der Waals surface area contributed by atoms with E-state index in [1.54, 1.807) is 0 Å². The summed E-state index contributed by atoms with van der Waals surface area (Å²) in [4.78, 5) is 23.6. The van der Waals surface area contributed by atoms with E-state index >= 15 is 0 Å². The molecule has 0 aliphatic heterocycles. The SMILES string of the molecule is Cc1cccc(C)c1NC(=O)[C@@H]1CC=CC[C@H]1C(=O)O. The van der Waals surface area contributed by atoms with Gasteiger partial charge in [0.1, 0.15) is 0 Å². The summed E-state index contributed by atoms with van der Waals surface area (Å²) in [6, 6.07) is 5.79. The number of hydrogen-bond donors (Lipinski definition) is 2. The van der Waals surface area contributed by atoms with Crippen molar-refractivity contribution in [3.63, 3.8) is 0 Å². The summed E-state index contributed by atoms with van der Waals surface area (Å²) >= 11 is 0. The van der Waals surface area contributed by atoms with Crippen molar-refractivity contribution in [2.75, 3.05) is 5.32 Å². The molecular weight excluding hydrogens is 254 g/mol. The molecule has 2 atom stereocenters. The van der Waals surface area contributed by atoms with Gasteiger partial charge >= 0.3 is 5.97 Å². The zero-order valence-electron chi connectivity index (χ0n) is 11.7. The van der Waals surface area contributed by atoms with E-state index in [4.69, 9.17) is 0 Å². The van der Waals surface area contributed by atoms with Crippen LogP contribution in [0.3, 0.4) is 0 Å². The number of allylic oxidation sites excluding steroid dienone is 2. The number of nitrogens with one attached hydrogen (secondary N) is 1. The summed E-state index contributed by atoms with van der Waals surface area (Å²) in [5.41, 5.74) is 2.75. The van der Waals surface area contributed by atoms with Crippen LogP contribution in [0.25, 0.3) is 0 Å². The number of amides is 1. The number of carboxylic acid groups (broad SMARTS) is 1. The van der Waals surface area contributed by atoms with Crippen molar-refractivity contribution in [3.05, 3.63) is 41.5 Å². The zero-order chi connectivity index (χ0) is 14.7. The number of carbonyl (C=O) groups excluding carboxylic acids is 1. The van der Waals surface area contributed by atoms with Crippen LogP contribution in [0.5, 0.6) is 0 Å². The van der Waals surface area contributed by atoms with Gasteiger partial charge in [-0.25, -0.2) is 0 Å². The maximum absolute atomic E-state index is 12.4. The first-order valence-electron chi connectivity index (χ1n) is 6.75. The van der Waals surface area contributed by atoms with Crippen LogP contribution in [0, 0.1) is 25.7 Å². The van der Waals surface area contributed by atoms with Gasteiger partial charge in [-0.3, -0.25) is 9.59 Å². The Morgan fingerprint density at radius 3 is 2.20 bits per heavy atom.